The summed E-state index contributed by atoms with van der Waals surface area (Å²) in [6, 6.07) is 6.55. The summed E-state index contributed by atoms with van der Waals surface area (Å²) in [5.41, 5.74) is 2.49. The Morgan fingerprint density at radius 1 is 1.32 bits per heavy atom. The summed E-state index contributed by atoms with van der Waals surface area (Å²) in [5, 5.41) is 9.72. The molecule has 2 rings (SSSR count). The molecular formula is C15H23BrN2O. The first kappa shape index (κ1) is 14.8. The summed E-state index contributed by atoms with van der Waals surface area (Å²) in [5.74, 6) is 0.601. The molecule has 4 heteroatoms. The maximum absolute atomic E-state index is 9.72. The van der Waals surface area contributed by atoms with E-state index >= 15 is 0 Å². The molecule has 0 spiro atoms. The number of benzene rings is 1. The van der Waals surface area contributed by atoms with Crippen molar-refractivity contribution in [1.29, 1.82) is 0 Å². The fourth-order valence-electron chi connectivity index (χ4n) is 3.00. The zero-order valence-corrected chi connectivity index (χ0v) is 13.5. The molecule has 1 saturated heterocycles. The summed E-state index contributed by atoms with van der Waals surface area (Å²) in [4.78, 5) is 4.69. The summed E-state index contributed by atoms with van der Waals surface area (Å²) >= 11 is 3.51. The van der Waals surface area contributed by atoms with Gasteiger partial charge in [0.15, 0.2) is 0 Å². The van der Waals surface area contributed by atoms with Gasteiger partial charge in [-0.05, 0) is 43.7 Å². The Morgan fingerprint density at radius 2 is 2.05 bits per heavy atom. The normalized spacial score (nSPS) is 25.4. The van der Waals surface area contributed by atoms with E-state index in [1.807, 2.05) is 0 Å². The highest BCUT2D eigenvalue weighted by Gasteiger charge is 2.27. The predicted molar refractivity (Wildman–Crippen MR) is 83.8 cm³/mol. The maximum Gasteiger partial charge on any atom is 0.0648 e. The second-order valence-electron chi connectivity index (χ2n) is 5.75. The topological polar surface area (TPSA) is 26.7 Å². The Labute approximate surface area is 124 Å². The molecule has 0 saturated carbocycles. The molecule has 1 aliphatic rings. The highest BCUT2D eigenvalue weighted by molar-refractivity contribution is 9.10. The van der Waals surface area contributed by atoms with Crippen molar-refractivity contribution in [2.24, 2.45) is 5.92 Å². The second kappa shape index (κ2) is 6.25. The molecule has 106 valence electrons. The van der Waals surface area contributed by atoms with E-state index in [0.717, 1.165) is 24.1 Å². The Bertz CT molecular complexity index is 438. The third kappa shape index (κ3) is 3.50. The molecule has 0 amide bonds. The van der Waals surface area contributed by atoms with Crippen LogP contribution in [-0.4, -0.2) is 49.3 Å². The van der Waals surface area contributed by atoms with E-state index in [9.17, 15) is 5.11 Å². The van der Waals surface area contributed by atoms with Gasteiger partial charge in [-0.2, -0.15) is 0 Å². The minimum absolute atomic E-state index is 0.176. The van der Waals surface area contributed by atoms with Gasteiger partial charge in [-0.3, -0.25) is 0 Å². The van der Waals surface area contributed by atoms with Crippen LogP contribution < -0.4 is 4.90 Å². The fourth-order valence-corrected chi connectivity index (χ4v) is 3.48. The smallest absolute Gasteiger partial charge is 0.0648 e. The van der Waals surface area contributed by atoms with E-state index in [1.54, 1.807) is 0 Å². The van der Waals surface area contributed by atoms with Gasteiger partial charge in [0.2, 0.25) is 0 Å². The lowest BCUT2D eigenvalue weighted by molar-refractivity contribution is 0.226. The lowest BCUT2D eigenvalue weighted by atomic mass is 10.1. The van der Waals surface area contributed by atoms with Gasteiger partial charge in [-0.1, -0.05) is 22.9 Å². The van der Waals surface area contributed by atoms with Crippen molar-refractivity contribution in [3.05, 3.63) is 28.2 Å². The van der Waals surface area contributed by atoms with Gasteiger partial charge >= 0.3 is 0 Å². The average molecular weight is 327 g/mol. The summed E-state index contributed by atoms with van der Waals surface area (Å²) < 4.78 is 1.11. The fraction of sp³-hybridized carbons (Fsp3) is 0.600. The Hall–Kier alpha value is -0.580. The highest BCUT2D eigenvalue weighted by atomic mass is 79.9. The van der Waals surface area contributed by atoms with Crippen molar-refractivity contribution in [2.45, 2.75) is 19.9 Å². The molecule has 0 radical (unpaired) electrons. The van der Waals surface area contributed by atoms with Crippen molar-refractivity contribution in [1.82, 2.24) is 4.90 Å². The van der Waals surface area contributed by atoms with Crippen molar-refractivity contribution in [3.63, 3.8) is 0 Å². The zero-order valence-electron chi connectivity index (χ0n) is 11.9. The van der Waals surface area contributed by atoms with Crippen LogP contribution in [-0.2, 0) is 0 Å². The molecule has 1 aliphatic heterocycles. The minimum Gasteiger partial charge on any atom is -0.394 e. The third-order valence-electron chi connectivity index (χ3n) is 3.77. The van der Waals surface area contributed by atoms with E-state index in [1.165, 1.54) is 11.3 Å². The number of hydrogen-bond donors (Lipinski definition) is 1. The van der Waals surface area contributed by atoms with E-state index in [4.69, 9.17) is 0 Å². The van der Waals surface area contributed by atoms with Crippen molar-refractivity contribution < 1.29 is 5.11 Å². The average Bonchev–Trinajstić information content (AvgIpc) is 2.47. The molecule has 1 heterocycles. The van der Waals surface area contributed by atoms with E-state index in [-0.39, 0.29) is 12.6 Å². The van der Waals surface area contributed by atoms with Gasteiger partial charge in [0.25, 0.3) is 0 Å². The number of aryl methyl sites for hydroxylation is 1. The molecule has 2 unspecified atom stereocenters. The number of aliphatic hydroxyl groups is 1. The van der Waals surface area contributed by atoms with Gasteiger partial charge < -0.3 is 14.9 Å². The Morgan fingerprint density at radius 3 is 2.68 bits per heavy atom. The van der Waals surface area contributed by atoms with Crippen LogP contribution in [0.1, 0.15) is 12.5 Å². The van der Waals surface area contributed by atoms with Gasteiger partial charge in [0, 0.05) is 29.8 Å². The van der Waals surface area contributed by atoms with Gasteiger partial charge in [0.1, 0.15) is 0 Å². The molecule has 0 aromatic heterocycles. The molecule has 1 aromatic carbocycles. The van der Waals surface area contributed by atoms with Crippen LogP contribution in [0.25, 0.3) is 0 Å². The lowest BCUT2D eigenvalue weighted by Crippen LogP contribution is -2.43. The predicted octanol–water partition coefficient (Wildman–Crippen LogP) is 2.51. The molecule has 2 atom stereocenters. The van der Waals surface area contributed by atoms with E-state index in [2.05, 4.69) is 64.8 Å². The SMILES string of the molecule is Cc1cc(Br)ccc1N1CC(C)CN(C)CC1CO. The number of anilines is 1. The van der Waals surface area contributed by atoms with Crippen LogP contribution in [0.2, 0.25) is 0 Å². The summed E-state index contributed by atoms with van der Waals surface area (Å²) in [6.07, 6.45) is 0. The molecule has 19 heavy (non-hydrogen) atoms. The van der Waals surface area contributed by atoms with E-state index < -0.39 is 0 Å². The molecule has 1 fully saturated rings. The molecule has 1 N–H and O–H groups in total. The molecular weight excluding hydrogens is 304 g/mol. The van der Waals surface area contributed by atoms with Crippen LogP contribution in [0.4, 0.5) is 5.69 Å². The minimum atomic E-state index is 0.176. The monoisotopic (exact) mass is 326 g/mol. The van der Waals surface area contributed by atoms with Crippen LogP contribution in [0.15, 0.2) is 22.7 Å². The lowest BCUT2D eigenvalue weighted by Gasteiger charge is -2.33. The third-order valence-corrected chi connectivity index (χ3v) is 4.27. The maximum atomic E-state index is 9.72. The van der Waals surface area contributed by atoms with Crippen LogP contribution >= 0.6 is 15.9 Å². The number of halogens is 1. The first-order valence-electron chi connectivity index (χ1n) is 6.83. The van der Waals surface area contributed by atoms with Crippen LogP contribution in [0.3, 0.4) is 0 Å². The molecule has 1 aromatic rings. The largest absolute Gasteiger partial charge is 0.394 e. The highest BCUT2D eigenvalue weighted by Crippen LogP contribution is 2.28. The molecule has 3 nitrogen and oxygen atoms in total. The number of likely N-dealkylation sites (N-methyl/N-ethyl adjacent to an activating group) is 1. The molecule has 0 bridgehead atoms. The van der Waals surface area contributed by atoms with Gasteiger partial charge in [-0.15, -0.1) is 0 Å². The van der Waals surface area contributed by atoms with Gasteiger partial charge in [0.05, 0.1) is 12.6 Å². The number of rotatable bonds is 2. The van der Waals surface area contributed by atoms with Gasteiger partial charge in [-0.25, -0.2) is 0 Å². The van der Waals surface area contributed by atoms with E-state index in [0.29, 0.717) is 5.92 Å². The summed E-state index contributed by atoms with van der Waals surface area (Å²) in [6.45, 7) is 7.61. The number of aliphatic hydroxyl groups excluding tert-OH is 1. The Kier molecular flexibility index (Phi) is 4.87. The van der Waals surface area contributed by atoms with Crippen LogP contribution in [0, 0.1) is 12.8 Å². The second-order valence-corrected chi connectivity index (χ2v) is 6.66. The first-order valence-corrected chi connectivity index (χ1v) is 7.62. The van der Waals surface area contributed by atoms with Crippen molar-refractivity contribution >= 4 is 21.6 Å². The van der Waals surface area contributed by atoms with Crippen LogP contribution in [0.5, 0.6) is 0 Å². The Balaban J connectivity index is 2.33. The number of nitrogens with zero attached hydrogens (tertiary/aromatic N) is 2. The first-order chi connectivity index (χ1) is 9.01. The van der Waals surface area contributed by atoms with Crippen molar-refractivity contribution in [3.8, 4) is 0 Å². The summed E-state index contributed by atoms with van der Waals surface area (Å²) in [7, 11) is 2.14. The molecule has 0 aliphatic carbocycles. The quantitative estimate of drug-likeness (QED) is 0.904. The zero-order chi connectivity index (χ0) is 14.0. The number of hydrogen-bond acceptors (Lipinski definition) is 3. The van der Waals surface area contributed by atoms with Crippen molar-refractivity contribution in [2.75, 3.05) is 38.2 Å². The standard InChI is InChI=1S/C15H23BrN2O/c1-11-7-17(3)9-14(10-19)18(8-11)15-5-4-13(16)6-12(15)2/h4-6,11,14,19H,7-10H2,1-3H3.